The third kappa shape index (κ3) is 6.89. The van der Waals surface area contributed by atoms with Crippen LogP contribution in [0.25, 0.3) is 10.8 Å². The molecular weight excluding hydrogens is 372 g/mol. The number of carbonyl (C=O) groups is 2. The van der Waals surface area contributed by atoms with Gasteiger partial charge in [-0.2, -0.15) is 0 Å². The minimum Gasteiger partial charge on any atom is -0.488 e. The lowest BCUT2D eigenvalue weighted by Gasteiger charge is -2.19. The van der Waals surface area contributed by atoms with Gasteiger partial charge in [-0.05, 0) is 30.7 Å². The minimum atomic E-state index is -0.424. The van der Waals surface area contributed by atoms with Crippen molar-refractivity contribution in [3.8, 4) is 5.75 Å². The maximum absolute atomic E-state index is 12.7. The maximum Gasteiger partial charge on any atom is 0.252 e. The first-order valence-corrected chi connectivity index (χ1v) is 9.65. The number of carbonyl (C=O) groups excluding carboxylic acids is 2. The highest BCUT2D eigenvalue weighted by molar-refractivity contribution is 5.94. The molecule has 0 atom stereocenters. The number of rotatable bonds is 11. The van der Waals surface area contributed by atoms with E-state index in [4.69, 9.17) is 15.1 Å². The number of hydroxylamine groups is 1. The number of amides is 2. The van der Waals surface area contributed by atoms with Crippen LogP contribution in [0.5, 0.6) is 5.75 Å². The number of aliphatic hydroxyl groups excluding tert-OH is 1. The molecule has 0 unspecified atom stereocenters. The van der Waals surface area contributed by atoms with Crippen LogP contribution in [-0.2, 0) is 9.59 Å². The van der Waals surface area contributed by atoms with Crippen molar-refractivity contribution in [2.45, 2.75) is 25.7 Å². The van der Waals surface area contributed by atoms with Gasteiger partial charge in [0.25, 0.3) is 5.91 Å². The number of likely N-dealkylation sites (N-methyl/N-ethyl adjacent to an activating group) is 1. The third-order valence-electron chi connectivity index (χ3n) is 4.56. The number of nitrogens with zero attached hydrogens (tertiary/aromatic N) is 1. The Morgan fingerprint density at radius 3 is 2.66 bits per heavy atom. The van der Waals surface area contributed by atoms with E-state index in [1.807, 2.05) is 48.5 Å². The van der Waals surface area contributed by atoms with Crippen LogP contribution in [0.15, 0.2) is 54.1 Å². The second kappa shape index (κ2) is 11.8. The maximum atomic E-state index is 12.7. The molecule has 0 saturated heterocycles. The van der Waals surface area contributed by atoms with Gasteiger partial charge in [-0.25, -0.2) is 5.48 Å². The van der Waals surface area contributed by atoms with Crippen LogP contribution in [0.3, 0.4) is 0 Å². The van der Waals surface area contributed by atoms with Crippen molar-refractivity contribution in [2.24, 2.45) is 0 Å². The Labute approximate surface area is 170 Å². The lowest BCUT2D eigenvalue weighted by molar-refractivity contribution is -0.129. The van der Waals surface area contributed by atoms with Crippen LogP contribution < -0.4 is 10.2 Å². The van der Waals surface area contributed by atoms with E-state index in [2.05, 4.69) is 0 Å². The quantitative estimate of drug-likeness (QED) is 0.233. The van der Waals surface area contributed by atoms with E-state index in [1.165, 1.54) is 4.90 Å². The van der Waals surface area contributed by atoms with Gasteiger partial charge in [-0.3, -0.25) is 14.8 Å². The second-order valence-corrected chi connectivity index (χ2v) is 6.73. The molecule has 2 aromatic carbocycles. The van der Waals surface area contributed by atoms with Crippen molar-refractivity contribution in [2.75, 3.05) is 26.8 Å². The summed E-state index contributed by atoms with van der Waals surface area (Å²) in [6, 6.07) is 13.7. The number of benzene rings is 2. The minimum absolute atomic E-state index is 0.111. The van der Waals surface area contributed by atoms with Crippen LogP contribution in [0.4, 0.5) is 0 Å². The highest BCUT2D eigenvalue weighted by Gasteiger charge is 2.15. The van der Waals surface area contributed by atoms with Crippen molar-refractivity contribution in [3.63, 3.8) is 0 Å². The van der Waals surface area contributed by atoms with Crippen LogP contribution in [-0.4, -0.2) is 53.8 Å². The molecule has 0 fully saturated rings. The lowest BCUT2D eigenvalue weighted by Crippen LogP contribution is -2.32. The Balaban J connectivity index is 2.06. The molecule has 0 saturated carbocycles. The van der Waals surface area contributed by atoms with E-state index in [9.17, 15) is 9.59 Å². The molecule has 3 N–H and O–H groups in total. The third-order valence-corrected chi connectivity index (χ3v) is 4.56. The second-order valence-electron chi connectivity index (χ2n) is 6.73. The first kappa shape index (κ1) is 22.4. The number of nitrogens with one attached hydrogen (secondary N) is 1. The summed E-state index contributed by atoms with van der Waals surface area (Å²) in [6.07, 6.45) is 3.94. The number of hydrogen-bond acceptors (Lipinski definition) is 5. The highest BCUT2D eigenvalue weighted by atomic mass is 16.5. The topological polar surface area (TPSA) is 99.1 Å². The summed E-state index contributed by atoms with van der Waals surface area (Å²) in [4.78, 5) is 25.2. The van der Waals surface area contributed by atoms with Crippen LogP contribution in [0.2, 0.25) is 0 Å². The van der Waals surface area contributed by atoms with Gasteiger partial charge in [0, 0.05) is 25.4 Å². The summed E-state index contributed by atoms with van der Waals surface area (Å²) >= 11 is 0. The normalized spacial score (nSPS) is 11.3. The van der Waals surface area contributed by atoms with Crippen molar-refractivity contribution in [1.82, 2.24) is 10.4 Å². The molecule has 0 bridgehead atoms. The van der Waals surface area contributed by atoms with Crippen molar-refractivity contribution in [3.05, 3.63) is 54.1 Å². The molecule has 0 radical (unpaired) electrons. The van der Waals surface area contributed by atoms with E-state index in [0.717, 1.165) is 10.8 Å². The predicted molar refractivity (Wildman–Crippen MR) is 111 cm³/mol. The number of hydrogen-bond donors (Lipinski definition) is 3. The van der Waals surface area contributed by atoms with Crippen molar-refractivity contribution < 1.29 is 24.6 Å². The van der Waals surface area contributed by atoms with Gasteiger partial charge in [-0.1, -0.05) is 42.5 Å². The Morgan fingerprint density at radius 2 is 1.90 bits per heavy atom. The summed E-state index contributed by atoms with van der Waals surface area (Å²) in [5.74, 6) is 0.0749. The van der Waals surface area contributed by atoms with E-state index in [0.29, 0.717) is 30.6 Å². The number of aliphatic hydroxyl groups is 1. The SMILES string of the molecule is CN(CCO)C(=O)/C(=C/CCCCC(=O)NO)COc1cccc2ccccc12. The molecule has 2 amide bonds. The van der Waals surface area contributed by atoms with Crippen LogP contribution in [0, 0.1) is 0 Å². The molecule has 7 heteroatoms. The molecule has 7 nitrogen and oxygen atoms in total. The molecule has 156 valence electrons. The molecule has 2 rings (SSSR count). The van der Waals surface area contributed by atoms with Gasteiger partial charge in [-0.15, -0.1) is 0 Å². The van der Waals surface area contributed by atoms with Gasteiger partial charge in [0.2, 0.25) is 5.91 Å². The molecule has 0 aliphatic heterocycles. The molecule has 29 heavy (non-hydrogen) atoms. The molecule has 0 aliphatic rings. The highest BCUT2D eigenvalue weighted by Crippen LogP contribution is 2.25. The van der Waals surface area contributed by atoms with Gasteiger partial charge in [0.1, 0.15) is 12.4 Å². The zero-order valence-electron chi connectivity index (χ0n) is 16.6. The number of allylic oxidation sites excluding steroid dienone is 1. The van der Waals surface area contributed by atoms with E-state index >= 15 is 0 Å². The van der Waals surface area contributed by atoms with Crippen LogP contribution in [0.1, 0.15) is 25.7 Å². The monoisotopic (exact) mass is 400 g/mol. The van der Waals surface area contributed by atoms with E-state index < -0.39 is 5.91 Å². The van der Waals surface area contributed by atoms with Crippen molar-refractivity contribution in [1.29, 1.82) is 0 Å². The molecule has 0 heterocycles. The standard InChI is InChI=1S/C22H28N2O5/c1-24(14-15-25)22(27)18(9-3-2-4-13-21(26)23-28)16-29-20-12-7-10-17-8-5-6-11-19(17)20/h5-12,25,28H,2-4,13-16H2,1H3,(H,23,26)/b18-9+. The van der Waals surface area contributed by atoms with E-state index in [1.54, 1.807) is 12.5 Å². The summed E-state index contributed by atoms with van der Waals surface area (Å²) in [6.45, 7) is 0.233. The first-order chi connectivity index (χ1) is 14.1. The number of fused-ring (bicyclic) bond motifs is 1. The summed E-state index contributed by atoms with van der Waals surface area (Å²) < 4.78 is 5.97. The molecule has 0 aromatic heterocycles. The largest absolute Gasteiger partial charge is 0.488 e. The molecule has 0 aliphatic carbocycles. The Kier molecular flexibility index (Phi) is 9.14. The Hall–Kier alpha value is -2.90. The fourth-order valence-corrected chi connectivity index (χ4v) is 2.94. The van der Waals surface area contributed by atoms with E-state index in [-0.39, 0.29) is 32.1 Å². The Bertz CT molecular complexity index is 845. The van der Waals surface area contributed by atoms with Gasteiger partial charge in [0.05, 0.1) is 12.2 Å². The van der Waals surface area contributed by atoms with Gasteiger partial charge < -0.3 is 14.7 Å². The zero-order chi connectivity index (χ0) is 21.1. The smallest absolute Gasteiger partial charge is 0.252 e. The van der Waals surface area contributed by atoms with Gasteiger partial charge >= 0.3 is 0 Å². The predicted octanol–water partition coefficient (Wildman–Crippen LogP) is 2.66. The fourth-order valence-electron chi connectivity index (χ4n) is 2.94. The molecule has 0 spiro atoms. The Morgan fingerprint density at radius 1 is 1.14 bits per heavy atom. The summed E-state index contributed by atoms with van der Waals surface area (Å²) in [5.41, 5.74) is 2.11. The zero-order valence-corrected chi connectivity index (χ0v) is 16.6. The molecular formula is C22H28N2O5. The van der Waals surface area contributed by atoms with Crippen molar-refractivity contribution >= 4 is 22.6 Å². The lowest BCUT2D eigenvalue weighted by atomic mass is 10.1. The summed E-state index contributed by atoms with van der Waals surface area (Å²) in [5, 5.41) is 19.7. The average Bonchev–Trinajstić information content (AvgIpc) is 2.75. The van der Waals surface area contributed by atoms with Crippen LogP contribution >= 0.6 is 0 Å². The first-order valence-electron chi connectivity index (χ1n) is 9.65. The molecule has 2 aromatic rings. The van der Waals surface area contributed by atoms with Gasteiger partial charge in [0.15, 0.2) is 0 Å². The number of unbranched alkanes of at least 4 members (excludes halogenated alkanes) is 2. The fraction of sp³-hybridized carbons (Fsp3) is 0.364. The number of ether oxygens (including phenoxy) is 1. The average molecular weight is 400 g/mol. The summed E-state index contributed by atoms with van der Waals surface area (Å²) in [7, 11) is 1.63.